The van der Waals surface area contributed by atoms with Gasteiger partial charge in [0.25, 0.3) is 0 Å². The van der Waals surface area contributed by atoms with Crippen molar-refractivity contribution in [1.29, 1.82) is 0 Å². The number of carbonyl (C=O) groups is 1. The highest BCUT2D eigenvalue weighted by molar-refractivity contribution is 5.88. The molecular formula is C11H16N4O2. The number of nitrogens with one attached hydrogen (secondary N) is 1. The van der Waals surface area contributed by atoms with Crippen LogP contribution < -0.4 is 5.32 Å². The van der Waals surface area contributed by atoms with E-state index in [1.165, 1.54) is 6.33 Å². The Hall–Kier alpha value is -1.69. The predicted molar refractivity (Wildman–Crippen MR) is 62.7 cm³/mol. The van der Waals surface area contributed by atoms with Crippen LogP contribution in [-0.4, -0.2) is 46.7 Å². The monoisotopic (exact) mass is 236 g/mol. The summed E-state index contributed by atoms with van der Waals surface area (Å²) in [5, 5.41) is 2.74. The van der Waals surface area contributed by atoms with E-state index in [9.17, 15) is 4.79 Å². The Balaban J connectivity index is 1.95. The van der Waals surface area contributed by atoms with Crippen molar-refractivity contribution in [3.05, 3.63) is 18.6 Å². The fraction of sp³-hybridized carbons (Fsp3) is 0.545. The molecule has 1 fully saturated rings. The predicted octanol–water partition coefficient (Wildman–Crippen LogP) is 1.12. The highest BCUT2D eigenvalue weighted by atomic mass is 16.5. The van der Waals surface area contributed by atoms with Crippen molar-refractivity contribution in [3.8, 4) is 0 Å². The highest BCUT2D eigenvalue weighted by Crippen LogP contribution is 2.08. The molecular weight excluding hydrogens is 220 g/mol. The third-order valence-electron chi connectivity index (χ3n) is 2.56. The molecule has 17 heavy (non-hydrogen) atoms. The molecule has 0 radical (unpaired) electrons. The number of aromatic nitrogens is 2. The van der Waals surface area contributed by atoms with Gasteiger partial charge in [-0.25, -0.2) is 14.8 Å². The molecule has 0 unspecified atom stereocenters. The molecule has 0 saturated carbocycles. The van der Waals surface area contributed by atoms with Crippen molar-refractivity contribution in [2.45, 2.75) is 19.4 Å². The maximum Gasteiger partial charge on any atom is 0.323 e. The van der Waals surface area contributed by atoms with E-state index < -0.39 is 0 Å². The van der Waals surface area contributed by atoms with Gasteiger partial charge in [0.1, 0.15) is 12.1 Å². The summed E-state index contributed by atoms with van der Waals surface area (Å²) in [5.74, 6) is 0.516. The van der Waals surface area contributed by atoms with E-state index in [0.29, 0.717) is 25.5 Å². The number of ether oxygens (including phenoxy) is 1. The minimum atomic E-state index is -0.138. The number of carbonyl (C=O) groups excluding carboxylic acids is 1. The first-order valence-electron chi connectivity index (χ1n) is 5.69. The number of anilines is 1. The van der Waals surface area contributed by atoms with Crippen LogP contribution in [0.3, 0.4) is 0 Å². The average molecular weight is 236 g/mol. The Morgan fingerprint density at radius 2 is 2.53 bits per heavy atom. The minimum absolute atomic E-state index is 0.0775. The molecule has 0 bridgehead atoms. The van der Waals surface area contributed by atoms with E-state index in [0.717, 1.165) is 6.42 Å². The topological polar surface area (TPSA) is 67.4 Å². The average Bonchev–Trinajstić information content (AvgIpc) is 2.55. The van der Waals surface area contributed by atoms with Crippen LogP contribution in [0.2, 0.25) is 0 Å². The number of rotatable bonds is 1. The fourth-order valence-electron chi connectivity index (χ4n) is 1.73. The highest BCUT2D eigenvalue weighted by Gasteiger charge is 2.19. The van der Waals surface area contributed by atoms with Crippen molar-refractivity contribution >= 4 is 11.8 Å². The number of urea groups is 1. The zero-order valence-electron chi connectivity index (χ0n) is 9.80. The third-order valence-corrected chi connectivity index (χ3v) is 2.56. The summed E-state index contributed by atoms with van der Waals surface area (Å²) >= 11 is 0. The lowest BCUT2D eigenvalue weighted by Gasteiger charge is -2.22. The maximum atomic E-state index is 12.0. The molecule has 2 amide bonds. The zero-order valence-corrected chi connectivity index (χ0v) is 9.80. The first-order chi connectivity index (χ1) is 8.25. The molecule has 92 valence electrons. The van der Waals surface area contributed by atoms with Gasteiger partial charge in [0.05, 0.1) is 6.10 Å². The van der Waals surface area contributed by atoms with Crippen LogP contribution in [0.25, 0.3) is 0 Å². The van der Waals surface area contributed by atoms with Crippen molar-refractivity contribution in [1.82, 2.24) is 14.9 Å². The summed E-state index contributed by atoms with van der Waals surface area (Å²) in [5.41, 5.74) is 0. The molecule has 1 aliphatic heterocycles. The van der Waals surface area contributed by atoms with Gasteiger partial charge in [0, 0.05) is 25.9 Å². The van der Waals surface area contributed by atoms with Gasteiger partial charge in [0.15, 0.2) is 0 Å². The van der Waals surface area contributed by atoms with Crippen molar-refractivity contribution in [2.75, 3.05) is 25.0 Å². The lowest BCUT2D eigenvalue weighted by Crippen LogP contribution is -2.39. The molecule has 1 atom stereocenters. The molecule has 0 spiro atoms. The third kappa shape index (κ3) is 3.39. The smallest absolute Gasteiger partial charge is 0.323 e. The molecule has 2 rings (SSSR count). The number of hydrogen-bond donors (Lipinski definition) is 1. The van der Waals surface area contributed by atoms with Gasteiger partial charge in [-0.15, -0.1) is 0 Å². The van der Waals surface area contributed by atoms with Gasteiger partial charge >= 0.3 is 6.03 Å². The van der Waals surface area contributed by atoms with Gasteiger partial charge < -0.3 is 9.64 Å². The number of nitrogens with zero attached hydrogens (tertiary/aromatic N) is 3. The second kappa shape index (κ2) is 5.58. The first-order valence-corrected chi connectivity index (χ1v) is 5.69. The van der Waals surface area contributed by atoms with Crippen LogP contribution in [0.5, 0.6) is 0 Å². The van der Waals surface area contributed by atoms with E-state index in [1.807, 2.05) is 6.92 Å². The van der Waals surface area contributed by atoms with Crippen LogP contribution in [0.1, 0.15) is 13.3 Å². The molecule has 1 aromatic rings. The first kappa shape index (κ1) is 11.8. The largest absolute Gasteiger partial charge is 0.377 e. The Morgan fingerprint density at radius 1 is 1.65 bits per heavy atom. The van der Waals surface area contributed by atoms with E-state index in [-0.39, 0.29) is 12.1 Å². The lowest BCUT2D eigenvalue weighted by atomic mass is 10.3. The van der Waals surface area contributed by atoms with Crippen LogP contribution in [0, 0.1) is 0 Å². The van der Waals surface area contributed by atoms with E-state index in [1.54, 1.807) is 17.2 Å². The molecule has 2 heterocycles. The summed E-state index contributed by atoms with van der Waals surface area (Å²) in [4.78, 5) is 21.5. The maximum absolute atomic E-state index is 12.0. The van der Waals surface area contributed by atoms with Crippen LogP contribution in [0.4, 0.5) is 10.6 Å². The standard InChI is InChI=1S/C11H16N4O2/c1-9-7-15(5-2-6-17-9)11(16)14-10-3-4-12-8-13-10/h3-4,8-9H,2,5-7H2,1H3,(H,12,13,14,16)/t9-/m0/s1. The van der Waals surface area contributed by atoms with E-state index >= 15 is 0 Å². The second-order valence-electron chi connectivity index (χ2n) is 4.01. The van der Waals surface area contributed by atoms with Gasteiger partial charge in [-0.2, -0.15) is 0 Å². The summed E-state index contributed by atoms with van der Waals surface area (Å²) in [6.45, 7) is 3.99. The SMILES string of the molecule is C[C@H]1CN(C(=O)Nc2ccncn2)CCCO1. The molecule has 0 aromatic carbocycles. The summed E-state index contributed by atoms with van der Waals surface area (Å²) in [6.07, 6.45) is 3.94. The number of amides is 2. The molecule has 1 aliphatic rings. The van der Waals surface area contributed by atoms with Gasteiger partial charge in [-0.05, 0) is 19.4 Å². The summed E-state index contributed by atoms with van der Waals surface area (Å²) in [6, 6.07) is 1.52. The normalized spacial score (nSPS) is 20.8. The Labute approximate surface area is 100 Å². The Morgan fingerprint density at radius 3 is 3.29 bits per heavy atom. The lowest BCUT2D eigenvalue weighted by molar-refractivity contribution is 0.0718. The van der Waals surface area contributed by atoms with E-state index in [4.69, 9.17) is 4.74 Å². The molecule has 1 N–H and O–H groups in total. The second-order valence-corrected chi connectivity index (χ2v) is 4.01. The Bertz CT molecular complexity index is 371. The van der Waals surface area contributed by atoms with Crippen molar-refractivity contribution in [2.24, 2.45) is 0 Å². The van der Waals surface area contributed by atoms with E-state index in [2.05, 4.69) is 15.3 Å². The minimum Gasteiger partial charge on any atom is -0.377 e. The van der Waals surface area contributed by atoms with Crippen LogP contribution >= 0.6 is 0 Å². The summed E-state index contributed by atoms with van der Waals surface area (Å²) in [7, 11) is 0. The quantitative estimate of drug-likeness (QED) is 0.793. The van der Waals surface area contributed by atoms with Crippen molar-refractivity contribution < 1.29 is 9.53 Å². The van der Waals surface area contributed by atoms with Crippen LogP contribution in [0.15, 0.2) is 18.6 Å². The zero-order chi connectivity index (χ0) is 12.1. The van der Waals surface area contributed by atoms with Gasteiger partial charge in [0.2, 0.25) is 0 Å². The van der Waals surface area contributed by atoms with Crippen molar-refractivity contribution in [3.63, 3.8) is 0 Å². The Kier molecular flexibility index (Phi) is 3.87. The molecule has 0 aliphatic carbocycles. The van der Waals surface area contributed by atoms with Gasteiger partial charge in [-0.1, -0.05) is 0 Å². The molecule has 1 saturated heterocycles. The molecule has 6 heteroatoms. The molecule has 6 nitrogen and oxygen atoms in total. The molecule has 1 aromatic heterocycles. The fourth-order valence-corrected chi connectivity index (χ4v) is 1.73. The van der Waals surface area contributed by atoms with Crippen LogP contribution in [-0.2, 0) is 4.74 Å². The van der Waals surface area contributed by atoms with Gasteiger partial charge in [-0.3, -0.25) is 5.32 Å². The number of hydrogen-bond acceptors (Lipinski definition) is 4. The summed E-state index contributed by atoms with van der Waals surface area (Å²) < 4.78 is 5.49.